The fourth-order valence-electron chi connectivity index (χ4n) is 1.93. The molecule has 86 valence electrons. The molecule has 16 heavy (non-hydrogen) atoms. The molecule has 0 bridgehead atoms. The van der Waals surface area contributed by atoms with E-state index in [1.807, 2.05) is 0 Å². The molecule has 0 N–H and O–H groups in total. The Balaban J connectivity index is 2.36. The normalized spacial score (nSPS) is 16.9. The third kappa shape index (κ3) is 2.09. The Morgan fingerprint density at radius 1 is 1.31 bits per heavy atom. The molecule has 2 rings (SSSR count). The van der Waals surface area contributed by atoms with Crippen LogP contribution in [0, 0.1) is 0 Å². The molecule has 0 atom stereocenters. The summed E-state index contributed by atoms with van der Waals surface area (Å²) in [4.78, 5) is 11.4. The standard InChI is InChI=1S/C12H11ClF2O/c13-12(14,15)11(16)10-7-2-1-6-9(10)8-4-3-5-8/h1-2,6-8H,3-5H2. The molecule has 0 spiro atoms. The minimum Gasteiger partial charge on any atom is -0.286 e. The maximum Gasteiger partial charge on any atom is 0.384 e. The summed E-state index contributed by atoms with van der Waals surface area (Å²) in [5.74, 6) is -1.06. The Bertz CT molecular complexity index is 408. The fraction of sp³-hybridized carbons (Fsp3) is 0.417. The Morgan fingerprint density at radius 3 is 2.44 bits per heavy atom. The maximum absolute atomic E-state index is 12.8. The minimum atomic E-state index is -3.81. The van der Waals surface area contributed by atoms with Crippen LogP contribution in [0.25, 0.3) is 0 Å². The topological polar surface area (TPSA) is 17.1 Å². The lowest BCUT2D eigenvalue weighted by atomic mass is 9.77. The van der Waals surface area contributed by atoms with Crippen molar-refractivity contribution in [3.8, 4) is 0 Å². The van der Waals surface area contributed by atoms with Crippen molar-refractivity contribution in [3.05, 3.63) is 35.4 Å². The van der Waals surface area contributed by atoms with Gasteiger partial charge in [-0.05, 0) is 35.9 Å². The zero-order valence-electron chi connectivity index (χ0n) is 8.55. The van der Waals surface area contributed by atoms with Crippen molar-refractivity contribution in [3.63, 3.8) is 0 Å². The lowest BCUT2D eigenvalue weighted by Gasteiger charge is -2.27. The highest BCUT2D eigenvalue weighted by atomic mass is 35.5. The van der Waals surface area contributed by atoms with Gasteiger partial charge in [-0.2, -0.15) is 8.78 Å². The second-order valence-electron chi connectivity index (χ2n) is 4.04. The van der Waals surface area contributed by atoms with Crippen LogP contribution < -0.4 is 0 Å². The van der Waals surface area contributed by atoms with Gasteiger partial charge < -0.3 is 0 Å². The number of hydrogen-bond donors (Lipinski definition) is 0. The number of alkyl halides is 3. The van der Waals surface area contributed by atoms with Gasteiger partial charge in [-0.15, -0.1) is 0 Å². The molecule has 0 aliphatic heterocycles. The first-order valence-electron chi connectivity index (χ1n) is 5.20. The zero-order chi connectivity index (χ0) is 11.8. The van der Waals surface area contributed by atoms with Gasteiger partial charge in [0.25, 0.3) is 0 Å². The highest BCUT2D eigenvalue weighted by Gasteiger charge is 2.38. The zero-order valence-corrected chi connectivity index (χ0v) is 9.31. The van der Waals surface area contributed by atoms with E-state index in [0.29, 0.717) is 5.56 Å². The van der Waals surface area contributed by atoms with Crippen LogP contribution in [0.3, 0.4) is 0 Å². The van der Waals surface area contributed by atoms with Crippen LogP contribution in [0.4, 0.5) is 8.78 Å². The second-order valence-corrected chi connectivity index (χ2v) is 4.52. The van der Waals surface area contributed by atoms with Gasteiger partial charge in [0, 0.05) is 5.56 Å². The first kappa shape index (κ1) is 11.5. The van der Waals surface area contributed by atoms with Crippen LogP contribution in [-0.2, 0) is 0 Å². The number of benzene rings is 1. The molecule has 0 aromatic heterocycles. The fourth-order valence-corrected chi connectivity index (χ4v) is 2.03. The molecule has 0 amide bonds. The van der Waals surface area contributed by atoms with Crippen molar-refractivity contribution >= 4 is 17.4 Å². The van der Waals surface area contributed by atoms with Gasteiger partial charge in [0.1, 0.15) is 0 Å². The third-order valence-electron chi connectivity index (χ3n) is 3.01. The van der Waals surface area contributed by atoms with Gasteiger partial charge in [0.2, 0.25) is 5.78 Å². The number of carbonyl (C=O) groups is 1. The quantitative estimate of drug-likeness (QED) is 0.581. The number of carbonyl (C=O) groups excluding carboxylic acids is 1. The van der Waals surface area contributed by atoms with Crippen LogP contribution in [0.1, 0.15) is 41.1 Å². The van der Waals surface area contributed by atoms with Crippen molar-refractivity contribution in [2.75, 3.05) is 0 Å². The second kappa shape index (κ2) is 4.13. The summed E-state index contributed by atoms with van der Waals surface area (Å²) >= 11 is 4.77. The van der Waals surface area contributed by atoms with Crippen LogP contribution in [0.5, 0.6) is 0 Å². The van der Waals surface area contributed by atoms with Gasteiger partial charge in [-0.3, -0.25) is 4.79 Å². The van der Waals surface area contributed by atoms with E-state index in [1.54, 1.807) is 18.2 Å². The molecule has 1 aromatic rings. The average molecular weight is 245 g/mol. The van der Waals surface area contributed by atoms with Crippen molar-refractivity contribution in [1.29, 1.82) is 0 Å². The lowest BCUT2D eigenvalue weighted by molar-refractivity contribution is 0.0534. The summed E-state index contributed by atoms with van der Waals surface area (Å²) in [7, 11) is 0. The molecular weight excluding hydrogens is 234 g/mol. The first-order chi connectivity index (χ1) is 7.50. The smallest absolute Gasteiger partial charge is 0.286 e. The molecule has 1 aromatic carbocycles. The van der Waals surface area contributed by atoms with E-state index in [0.717, 1.165) is 19.3 Å². The van der Waals surface area contributed by atoms with E-state index < -0.39 is 11.2 Å². The van der Waals surface area contributed by atoms with Gasteiger partial charge in [-0.1, -0.05) is 30.7 Å². The summed E-state index contributed by atoms with van der Waals surface area (Å²) in [6, 6.07) is 6.50. The van der Waals surface area contributed by atoms with Crippen molar-refractivity contribution in [2.24, 2.45) is 0 Å². The third-order valence-corrected chi connectivity index (χ3v) is 3.18. The van der Waals surface area contributed by atoms with Gasteiger partial charge in [-0.25, -0.2) is 0 Å². The van der Waals surface area contributed by atoms with E-state index in [4.69, 9.17) is 11.6 Å². The predicted octanol–water partition coefficient (Wildman–Crippen LogP) is 3.97. The summed E-state index contributed by atoms with van der Waals surface area (Å²) in [5.41, 5.74) is 0.770. The van der Waals surface area contributed by atoms with Crippen LogP contribution >= 0.6 is 11.6 Å². The molecule has 0 radical (unpaired) electrons. The Hall–Kier alpha value is -0.960. The van der Waals surface area contributed by atoms with E-state index in [-0.39, 0.29) is 11.5 Å². The summed E-state index contributed by atoms with van der Waals surface area (Å²) < 4.78 is 25.6. The molecule has 1 aliphatic rings. The molecule has 1 fully saturated rings. The summed E-state index contributed by atoms with van der Waals surface area (Å²) in [5, 5.41) is -3.81. The Labute approximate surface area is 97.4 Å². The highest BCUT2D eigenvalue weighted by Crippen LogP contribution is 2.39. The average Bonchev–Trinajstić information content (AvgIpc) is 2.13. The van der Waals surface area contributed by atoms with E-state index in [2.05, 4.69) is 0 Å². The largest absolute Gasteiger partial charge is 0.384 e. The Kier molecular flexibility index (Phi) is 2.98. The van der Waals surface area contributed by atoms with Crippen molar-refractivity contribution in [2.45, 2.75) is 30.6 Å². The van der Waals surface area contributed by atoms with E-state index in [1.165, 1.54) is 6.07 Å². The van der Waals surface area contributed by atoms with Gasteiger partial charge >= 0.3 is 5.38 Å². The molecule has 1 nitrogen and oxygen atoms in total. The molecule has 0 saturated heterocycles. The summed E-state index contributed by atoms with van der Waals surface area (Å²) in [6.07, 6.45) is 3.00. The molecule has 0 heterocycles. The first-order valence-corrected chi connectivity index (χ1v) is 5.58. The monoisotopic (exact) mass is 244 g/mol. The number of hydrogen-bond acceptors (Lipinski definition) is 1. The number of halogens is 3. The molecule has 0 unspecified atom stereocenters. The van der Waals surface area contributed by atoms with Gasteiger partial charge in [0.05, 0.1) is 0 Å². The highest BCUT2D eigenvalue weighted by molar-refractivity contribution is 6.35. The molecule has 1 aliphatic carbocycles. The number of ketones is 1. The van der Waals surface area contributed by atoms with Crippen LogP contribution in [-0.4, -0.2) is 11.2 Å². The molecular formula is C12H11ClF2O. The van der Waals surface area contributed by atoms with Crippen LogP contribution in [0.15, 0.2) is 24.3 Å². The number of rotatable bonds is 3. The van der Waals surface area contributed by atoms with E-state index in [9.17, 15) is 13.6 Å². The van der Waals surface area contributed by atoms with E-state index >= 15 is 0 Å². The molecule has 1 saturated carbocycles. The number of Topliss-reactive ketones (excluding diaryl/α,β-unsaturated/α-hetero) is 1. The van der Waals surface area contributed by atoms with Crippen LogP contribution in [0.2, 0.25) is 0 Å². The van der Waals surface area contributed by atoms with Gasteiger partial charge in [0.15, 0.2) is 0 Å². The lowest BCUT2D eigenvalue weighted by Crippen LogP contribution is -2.24. The SMILES string of the molecule is O=C(c1ccccc1C1CCC1)C(F)(F)Cl. The Morgan fingerprint density at radius 2 is 1.94 bits per heavy atom. The molecule has 4 heteroatoms. The maximum atomic E-state index is 12.8. The van der Waals surface area contributed by atoms with Crippen molar-refractivity contribution in [1.82, 2.24) is 0 Å². The summed E-state index contributed by atoms with van der Waals surface area (Å²) in [6.45, 7) is 0. The van der Waals surface area contributed by atoms with Crippen molar-refractivity contribution < 1.29 is 13.6 Å². The minimum absolute atomic E-state index is 0.0622. The predicted molar refractivity (Wildman–Crippen MR) is 58.2 cm³/mol.